The molecule has 0 aliphatic heterocycles. The van der Waals surface area contributed by atoms with E-state index in [1.165, 1.54) is 12.8 Å². The van der Waals surface area contributed by atoms with Gasteiger partial charge >= 0.3 is 0 Å². The van der Waals surface area contributed by atoms with Gasteiger partial charge in [0.1, 0.15) is 0 Å². The van der Waals surface area contributed by atoms with E-state index in [-0.39, 0.29) is 5.91 Å². The van der Waals surface area contributed by atoms with Crippen LogP contribution in [0, 0.1) is 0 Å². The van der Waals surface area contributed by atoms with Crippen molar-refractivity contribution in [2.24, 2.45) is 0 Å². The van der Waals surface area contributed by atoms with Gasteiger partial charge in [-0.15, -0.1) is 0 Å². The van der Waals surface area contributed by atoms with Crippen LogP contribution in [-0.2, 0) is 4.79 Å². The molecule has 3 nitrogen and oxygen atoms in total. The number of carbonyl (C=O) groups is 1. The number of carbonyl (C=O) groups excluding carboxylic acids is 1. The zero-order valence-electron chi connectivity index (χ0n) is 11.0. The average molecular weight is 229 g/mol. The van der Waals surface area contributed by atoms with Crippen molar-refractivity contribution < 1.29 is 9.90 Å². The van der Waals surface area contributed by atoms with Gasteiger partial charge in [-0.2, -0.15) is 0 Å². The molecular formula is C13H27NO2. The van der Waals surface area contributed by atoms with E-state index in [9.17, 15) is 9.90 Å². The third-order valence-electron chi connectivity index (χ3n) is 2.71. The van der Waals surface area contributed by atoms with Crippen molar-refractivity contribution >= 4 is 5.91 Å². The zero-order chi connectivity index (χ0) is 12.4. The van der Waals surface area contributed by atoms with Crippen LogP contribution in [0.15, 0.2) is 0 Å². The van der Waals surface area contributed by atoms with E-state index >= 15 is 0 Å². The first kappa shape index (κ1) is 15.4. The first-order valence-corrected chi connectivity index (χ1v) is 6.51. The van der Waals surface area contributed by atoms with Gasteiger partial charge in [0.2, 0.25) is 5.91 Å². The minimum absolute atomic E-state index is 0.0625. The van der Waals surface area contributed by atoms with Crippen LogP contribution in [0.25, 0.3) is 0 Å². The fourth-order valence-electron chi connectivity index (χ4n) is 1.72. The molecule has 1 atom stereocenters. The molecule has 1 unspecified atom stereocenters. The fraction of sp³-hybridized carbons (Fsp3) is 0.923. The van der Waals surface area contributed by atoms with Gasteiger partial charge in [-0.25, -0.2) is 0 Å². The van der Waals surface area contributed by atoms with E-state index in [0.29, 0.717) is 13.0 Å². The van der Waals surface area contributed by atoms with E-state index in [1.54, 1.807) is 6.92 Å². The Balaban J connectivity index is 3.56. The predicted molar refractivity (Wildman–Crippen MR) is 67.3 cm³/mol. The van der Waals surface area contributed by atoms with Crippen LogP contribution in [0.4, 0.5) is 0 Å². The highest BCUT2D eigenvalue weighted by atomic mass is 16.3. The lowest BCUT2D eigenvalue weighted by molar-refractivity contribution is -0.122. The Hall–Kier alpha value is -0.570. The van der Waals surface area contributed by atoms with Crippen molar-refractivity contribution in [2.75, 3.05) is 6.54 Å². The lowest BCUT2D eigenvalue weighted by Crippen LogP contribution is -2.40. The SMILES string of the molecule is CCCCCCC(=O)NCC(C)(O)CCC. The maximum absolute atomic E-state index is 11.4. The van der Waals surface area contributed by atoms with E-state index in [0.717, 1.165) is 25.7 Å². The van der Waals surface area contributed by atoms with Crippen LogP contribution in [0.3, 0.4) is 0 Å². The van der Waals surface area contributed by atoms with E-state index in [4.69, 9.17) is 0 Å². The summed E-state index contributed by atoms with van der Waals surface area (Å²) >= 11 is 0. The average Bonchev–Trinajstić information content (AvgIpc) is 2.22. The summed E-state index contributed by atoms with van der Waals surface area (Å²) in [5.74, 6) is 0.0625. The number of unbranched alkanes of at least 4 members (excludes halogenated alkanes) is 3. The highest BCUT2D eigenvalue weighted by molar-refractivity contribution is 5.75. The molecule has 3 heteroatoms. The molecule has 0 fully saturated rings. The minimum atomic E-state index is -0.756. The molecule has 0 radical (unpaired) electrons. The van der Waals surface area contributed by atoms with Crippen LogP contribution in [0.2, 0.25) is 0 Å². The van der Waals surface area contributed by atoms with Gasteiger partial charge in [-0.3, -0.25) is 4.79 Å². The Kier molecular flexibility index (Phi) is 8.26. The summed E-state index contributed by atoms with van der Waals surface area (Å²) in [6.07, 6.45) is 6.70. The Morgan fingerprint density at radius 2 is 1.88 bits per heavy atom. The molecule has 16 heavy (non-hydrogen) atoms. The highest BCUT2D eigenvalue weighted by Gasteiger charge is 2.19. The first-order valence-electron chi connectivity index (χ1n) is 6.51. The molecule has 96 valence electrons. The predicted octanol–water partition coefficient (Wildman–Crippen LogP) is 2.62. The number of aliphatic hydroxyl groups is 1. The molecule has 0 heterocycles. The van der Waals surface area contributed by atoms with Crippen molar-refractivity contribution in [2.45, 2.75) is 71.3 Å². The molecule has 0 spiro atoms. The Labute approximate surface area is 99.6 Å². The molecule has 0 aromatic rings. The molecule has 0 bridgehead atoms. The van der Waals surface area contributed by atoms with E-state index < -0.39 is 5.60 Å². The van der Waals surface area contributed by atoms with Crippen LogP contribution >= 0.6 is 0 Å². The maximum Gasteiger partial charge on any atom is 0.220 e. The number of nitrogens with one attached hydrogen (secondary N) is 1. The lowest BCUT2D eigenvalue weighted by atomic mass is 10.0. The summed E-state index contributed by atoms with van der Waals surface area (Å²) in [6.45, 7) is 6.32. The van der Waals surface area contributed by atoms with Crippen molar-refractivity contribution in [3.8, 4) is 0 Å². The molecule has 0 saturated carbocycles. The normalized spacial score (nSPS) is 14.5. The zero-order valence-corrected chi connectivity index (χ0v) is 11.0. The van der Waals surface area contributed by atoms with Gasteiger partial charge in [0.25, 0.3) is 0 Å². The summed E-state index contributed by atoms with van der Waals surface area (Å²) in [5, 5.41) is 12.7. The van der Waals surface area contributed by atoms with Crippen molar-refractivity contribution in [3.63, 3.8) is 0 Å². The second kappa shape index (κ2) is 8.57. The van der Waals surface area contributed by atoms with Crippen molar-refractivity contribution in [1.29, 1.82) is 0 Å². The van der Waals surface area contributed by atoms with Crippen molar-refractivity contribution in [3.05, 3.63) is 0 Å². The lowest BCUT2D eigenvalue weighted by Gasteiger charge is -2.22. The second-order valence-electron chi connectivity index (χ2n) is 4.83. The summed E-state index contributed by atoms with van der Waals surface area (Å²) < 4.78 is 0. The molecule has 0 aliphatic carbocycles. The molecule has 2 N–H and O–H groups in total. The minimum Gasteiger partial charge on any atom is -0.388 e. The van der Waals surface area contributed by atoms with E-state index in [1.807, 2.05) is 6.92 Å². The Morgan fingerprint density at radius 3 is 2.44 bits per heavy atom. The van der Waals surface area contributed by atoms with Gasteiger partial charge in [-0.05, 0) is 19.8 Å². The highest BCUT2D eigenvalue weighted by Crippen LogP contribution is 2.10. The van der Waals surface area contributed by atoms with Crippen LogP contribution < -0.4 is 5.32 Å². The molecule has 0 rings (SSSR count). The largest absolute Gasteiger partial charge is 0.388 e. The molecule has 0 aromatic carbocycles. The molecule has 1 amide bonds. The molecule has 0 aliphatic rings. The number of hydrogen-bond donors (Lipinski definition) is 2. The van der Waals surface area contributed by atoms with Crippen LogP contribution in [0.1, 0.15) is 65.7 Å². The van der Waals surface area contributed by atoms with Gasteiger partial charge in [0.05, 0.1) is 5.60 Å². The Bertz CT molecular complexity index is 190. The first-order chi connectivity index (χ1) is 7.52. The van der Waals surface area contributed by atoms with Gasteiger partial charge in [-0.1, -0.05) is 39.5 Å². The van der Waals surface area contributed by atoms with Crippen molar-refractivity contribution in [1.82, 2.24) is 5.32 Å². The van der Waals surface area contributed by atoms with Crippen LogP contribution in [0.5, 0.6) is 0 Å². The van der Waals surface area contributed by atoms with Gasteiger partial charge < -0.3 is 10.4 Å². The monoisotopic (exact) mass is 229 g/mol. The van der Waals surface area contributed by atoms with Gasteiger partial charge in [0.15, 0.2) is 0 Å². The smallest absolute Gasteiger partial charge is 0.220 e. The molecule has 0 saturated heterocycles. The fourth-order valence-corrected chi connectivity index (χ4v) is 1.72. The summed E-state index contributed by atoms with van der Waals surface area (Å²) in [7, 11) is 0. The van der Waals surface area contributed by atoms with Crippen LogP contribution in [-0.4, -0.2) is 23.2 Å². The summed E-state index contributed by atoms with van der Waals surface area (Å²) in [4.78, 5) is 11.4. The van der Waals surface area contributed by atoms with Gasteiger partial charge in [0, 0.05) is 13.0 Å². The standard InChI is InChI=1S/C13H27NO2/c1-4-6-7-8-9-12(15)14-11-13(3,16)10-5-2/h16H,4-11H2,1-3H3,(H,14,15). The number of rotatable bonds is 9. The number of hydrogen-bond acceptors (Lipinski definition) is 2. The summed E-state index contributed by atoms with van der Waals surface area (Å²) in [5.41, 5.74) is -0.756. The topological polar surface area (TPSA) is 49.3 Å². The number of amides is 1. The maximum atomic E-state index is 11.4. The molecule has 0 aromatic heterocycles. The summed E-state index contributed by atoms with van der Waals surface area (Å²) in [6, 6.07) is 0. The Morgan fingerprint density at radius 1 is 1.19 bits per heavy atom. The molecular weight excluding hydrogens is 202 g/mol. The third-order valence-corrected chi connectivity index (χ3v) is 2.71. The van der Waals surface area contributed by atoms with E-state index in [2.05, 4.69) is 12.2 Å². The third kappa shape index (κ3) is 8.72. The quantitative estimate of drug-likeness (QED) is 0.597. The second-order valence-corrected chi connectivity index (χ2v) is 4.83.